The van der Waals surface area contributed by atoms with Gasteiger partial charge in [0.15, 0.2) is 0 Å². The van der Waals surface area contributed by atoms with Gasteiger partial charge in [0.1, 0.15) is 24.7 Å². The zero-order chi connectivity index (χ0) is 21.1. The largest absolute Gasteiger partial charge is 0.491 e. The fourth-order valence-corrected chi connectivity index (χ4v) is 3.56. The number of ether oxygens (including phenoxy) is 3. The third-order valence-electron chi connectivity index (χ3n) is 5.23. The van der Waals surface area contributed by atoms with E-state index in [1.165, 1.54) is 11.1 Å². The van der Waals surface area contributed by atoms with Crippen LogP contribution in [0.15, 0.2) is 72.8 Å². The van der Waals surface area contributed by atoms with Crippen LogP contribution in [-0.4, -0.2) is 26.4 Å². The molecule has 2 N–H and O–H groups in total. The summed E-state index contributed by atoms with van der Waals surface area (Å²) in [6.07, 6.45) is 0. The summed E-state index contributed by atoms with van der Waals surface area (Å²) in [7, 11) is 0. The Kier molecular flexibility index (Phi) is 7.94. The summed E-state index contributed by atoms with van der Waals surface area (Å²) in [5, 5.41) is 7.03. The minimum Gasteiger partial charge on any atom is -0.491 e. The van der Waals surface area contributed by atoms with Crippen molar-refractivity contribution < 1.29 is 14.2 Å². The quantitative estimate of drug-likeness (QED) is 0.540. The van der Waals surface area contributed by atoms with Crippen molar-refractivity contribution in [2.24, 2.45) is 0 Å². The maximum Gasteiger partial charge on any atom is 0.123 e. The molecule has 0 aromatic heterocycles. The van der Waals surface area contributed by atoms with Gasteiger partial charge < -0.3 is 24.8 Å². The van der Waals surface area contributed by atoms with E-state index in [4.69, 9.17) is 14.2 Å². The molecule has 0 fully saturated rings. The van der Waals surface area contributed by atoms with Gasteiger partial charge in [-0.3, -0.25) is 0 Å². The third-order valence-corrected chi connectivity index (χ3v) is 5.23. The average Bonchev–Trinajstić information content (AvgIpc) is 2.81. The van der Waals surface area contributed by atoms with E-state index in [0.29, 0.717) is 26.4 Å². The molecule has 2 aliphatic rings. The van der Waals surface area contributed by atoms with Gasteiger partial charge in [-0.25, -0.2) is 0 Å². The van der Waals surface area contributed by atoms with Gasteiger partial charge in [0.25, 0.3) is 0 Å². The van der Waals surface area contributed by atoms with E-state index in [1.54, 1.807) is 0 Å². The first-order valence-electron chi connectivity index (χ1n) is 10.9. The number of nitrogens with one attached hydrogen (secondary N) is 2. The van der Waals surface area contributed by atoms with E-state index < -0.39 is 0 Å². The second-order valence-electron chi connectivity index (χ2n) is 7.55. The van der Waals surface area contributed by atoms with Crippen molar-refractivity contribution in [2.75, 3.05) is 26.4 Å². The van der Waals surface area contributed by atoms with Crippen LogP contribution in [0, 0.1) is 0 Å². The molecule has 3 aromatic carbocycles. The van der Waals surface area contributed by atoms with Gasteiger partial charge in [0, 0.05) is 37.3 Å². The lowest BCUT2D eigenvalue weighted by molar-refractivity contribution is 0.0759. The van der Waals surface area contributed by atoms with Crippen LogP contribution in [0.2, 0.25) is 0 Å². The van der Waals surface area contributed by atoms with Crippen LogP contribution in [0.5, 0.6) is 11.5 Å². The SMILES string of the molecule is c1ccc2c(c1)CNCc1ccc(cc1)CNCc1ccccc1OCCOCCO2. The summed E-state index contributed by atoms with van der Waals surface area (Å²) >= 11 is 0. The second-order valence-corrected chi connectivity index (χ2v) is 7.55. The smallest absolute Gasteiger partial charge is 0.123 e. The lowest BCUT2D eigenvalue weighted by atomic mass is 10.1. The highest BCUT2D eigenvalue weighted by Crippen LogP contribution is 2.19. The Hall–Kier alpha value is -2.86. The van der Waals surface area contributed by atoms with Gasteiger partial charge in [-0.05, 0) is 23.3 Å². The maximum atomic E-state index is 5.95. The summed E-state index contributed by atoms with van der Waals surface area (Å²) in [5.41, 5.74) is 4.82. The van der Waals surface area contributed by atoms with Gasteiger partial charge in [-0.1, -0.05) is 60.7 Å². The highest BCUT2D eigenvalue weighted by molar-refractivity contribution is 5.34. The maximum absolute atomic E-state index is 5.95. The summed E-state index contributed by atoms with van der Waals surface area (Å²) in [6.45, 7) is 5.23. The van der Waals surface area contributed by atoms with Crippen molar-refractivity contribution in [3.8, 4) is 11.5 Å². The van der Waals surface area contributed by atoms with Crippen molar-refractivity contribution in [1.82, 2.24) is 10.6 Å². The fraction of sp³-hybridized carbons (Fsp3) is 0.308. The molecule has 5 nitrogen and oxygen atoms in total. The van der Waals surface area contributed by atoms with Crippen molar-refractivity contribution in [3.63, 3.8) is 0 Å². The molecule has 0 saturated carbocycles. The molecule has 0 atom stereocenters. The summed E-state index contributed by atoms with van der Waals surface area (Å²) in [5.74, 6) is 1.80. The number of para-hydroxylation sites is 2. The second kappa shape index (κ2) is 11.5. The molecule has 3 aromatic rings. The molecule has 31 heavy (non-hydrogen) atoms. The predicted molar refractivity (Wildman–Crippen MR) is 122 cm³/mol. The summed E-state index contributed by atoms with van der Waals surface area (Å²) in [4.78, 5) is 0. The van der Waals surface area contributed by atoms with Gasteiger partial charge >= 0.3 is 0 Å². The Balaban J connectivity index is 1.43. The van der Waals surface area contributed by atoms with Crippen LogP contribution < -0.4 is 20.1 Å². The lowest BCUT2D eigenvalue weighted by Gasteiger charge is -2.13. The highest BCUT2D eigenvalue weighted by Gasteiger charge is 2.06. The van der Waals surface area contributed by atoms with Gasteiger partial charge in [-0.2, -0.15) is 0 Å². The molecule has 2 aliphatic heterocycles. The number of benzene rings is 3. The molecule has 162 valence electrons. The molecule has 2 bridgehead atoms. The molecule has 5 heteroatoms. The lowest BCUT2D eigenvalue weighted by Crippen LogP contribution is -2.15. The number of fused-ring (bicyclic) bond motifs is 12. The molecule has 2 heterocycles. The van der Waals surface area contributed by atoms with E-state index in [2.05, 4.69) is 47.0 Å². The van der Waals surface area contributed by atoms with E-state index >= 15 is 0 Å². The molecule has 0 amide bonds. The van der Waals surface area contributed by atoms with E-state index in [1.807, 2.05) is 36.4 Å². The van der Waals surface area contributed by atoms with Crippen LogP contribution in [0.4, 0.5) is 0 Å². The van der Waals surface area contributed by atoms with Crippen molar-refractivity contribution in [1.29, 1.82) is 0 Å². The molecule has 0 unspecified atom stereocenters. The van der Waals surface area contributed by atoms with Crippen molar-refractivity contribution in [2.45, 2.75) is 26.2 Å². The van der Waals surface area contributed by atoms with E-state index in [-0.39, 0.29) is 0 Å². The van der Waals surface area contributed by atoms with Crippen molar-refractivity contribution >= 4 is 0 Å². The Morgan fingerprint density at radius 3 is 1.42 bits per heavy atom. The van der Waals surface area contributed by atoms with Gasteiger partial charge in [0.05, 0.1) is 13.2 Å². The van der Waals surface area contributed by atoms with E-state index in [9.17, 15) is 0 Å². The Morgan fingerprint density at radius 2 is 0.935 bits per heavy atom. The fourth-order valence-electron chi connectivity index (χ4n) is 3.56. The standard InChI is InChI=1S/C26H30N2O3/c1-3-7-25-23(5-1)19-27-17-21-9-11-22(12-10-21)18-28-20-24-6-2-4-8-26(24)31-16-14-29-13-15-30-25/h1-12,27-28H,13-20H2. The van der Waals surface area contributed by atoms with Crippen molar-refractivity contribution in [3.05, 3.63) is 95.1 Å². The van der Waals surface area contributed by atoms with Crippen LogP contribution in [0.3, 0.4) is 0 Å². The highest BCUT2D eigenvalue weighted by atomic mass is 16.5. The Bertz CT molecular complexity index is 867. The zero-order valence-corrected chi connectivity index (χ0v) is 17.8. The van der Waals surface area contributed by atoms with Crippen LogP contribution in [0.25, 0.3) is 0 Å². The molecule has 5 rings (SSSR count). The minimum absolute atomic E-state index is 0.513. The summed E-state index contributed by atoms with van der Waals surface area (Å²) < 4.78 is 17.6. The summed E-state index contributed by atoms with van der Waals surface area (Å²) in [6, 6.07) is 25.0. The molecule has 0 saturated heterocycles. The minimum atomic E-state index is 0.513. The number of hydrogen-bond acceptors (Lipinski definition) is 5. The average molecular weight is 419 g/mol. The topological polar surface area (TPSA) is 51.8 Å². The molecular formula is C26H30N2O3. The third kappa shape index (κ3) is 6.56. The Morgan fingerprint density at radius 1 is 0.484 bits per heavy atom. The predicted octanol–water partition coefficient (Wildman–Crippen LogP) is 4.05. The number of rotatable bonds is 0. The number of hydrogen-bond donors (Lipinski definition) is 2. The van der Waals surface area contributed by atoms with Crippen LogP contribution >= 0.6 is 0 Å². The first-order chi connectivity index (χ1) is 15.4. The van der Waals surface area contributed by atoms with Crippen LogP contribution in [-0.2, 0) is 30.9 Å². The first-order valence-corrected chi connectivity index (χ1v) is 10.9. The zero-order valence-electron chi connectivity index (χ0n) is 17.8. The monoisotopic (exact) mass is 418 g/mol. The van der Waals surface area contributed by atoms with Gasteiger partial charge in [-0.15, -0.1) is 0 Å². The molecule has 0 spiro atoms. The molecular weight excluding hydrogens is 388 g/mol. The van der Waals surface area contributed by atoms with Crippen LogP contribution in [0.1, 0.15) is 22.3 Å². The molecule has 0 aliphatic carbocycles. The van der Waals surface area contributed by atoms with E-state index in [0.717, 1.165) is 48.8 Å². The molecule has 0 radical (unpaired) electrons. The first kappa shape index (κ1) is 21.4. The Labute approximate surface area is 184 Å². The normalized spacial score (nSPS) is 16.1. The van der Waals surface area contributed by atoms with Gasteiger partial charge in [0.2, 0.25) is 0 Å².